The van der Waals surface area contributed by atoms with Crippen molar-refractivity contribution in [3.05, 3.63) is 64.4 Å². The van der Waals surface area contributed by atoms with Crippen LogP contribution in [0.4, 0.5) is 4.39 Å². The summed E-state index contributed by atoms with van der Waals surface area (Å²) in [6.45, 7) is 5.38. The number of hydrogen-bond acceptors (Lipinski definition) is 2. The molecule has 0 aliphatic heterocycles. The molecule has 21 heavy (non-hydrogen) atoms. The van der Waals surface area contributed by atoms with E-state index < -0.39 is 5.82 Å². The molecule has 112 valence electrons. The number of rotatable bonds is 6. The van der Waals surface area contributed by atoms with E-state index in [9.17, 15) is 4.39 Å². The van der Waals surface area contributed by atoms with Crippen LogP contribution < -0.4 is 10.1 Å². The van der Waals surface area contributed by atoms with Gasteiger partial charge in [0.1, 0.15) is 18.2 Å². The van der Waals surface area contributed by atoms with Gasteiger partial charge < -0.3 is 10.1 Å². The summed E-state index contributed by atoms with van der Waals surface area (Å²) >= 11 is 5.75. The van der Waals surface area contributed by atoms with E-state index in [0.29, 0.717) is 12.6 Å². The SMILES string of the molecule is CC(C)NCc1cccc(OCc2ccc(F)c(Cl)c2)c1. The predicted molar refractivity (Wildman–Crippen MR) is 84.2 cm³/mol. The number of hydrogen-bond donors (Lipinski definition) is 1. The zero-order chi connectivity index (χ0) is 15.2. The molecular weight excluding hydrogens is 289 g/mol. The van der Waals surface area contributed by atoms with Gasteiger partial charge in [-0.1, -0.05) is 43.6 Å². The lowest BCUT2D eigenvalue weighted by molar-refractivity contribution is 0.305. The Labute approximate surface area is 129 Å². The molecule has 0 bridgehead atoms. The van der Waals surface area contributed by atoms with Gasteiger partial charge in [0.05, 0.1) is 5.02 Å². The van der Waals surface area contributed by atoms with Crippen LogP contribution in [0.5, 0.6) is 5.75 Å². The number of nitrogens with one attached hydrogen (secondary N) is 1. The highest BCUT2D eigenvalue weighted by molar-refractivity contribution is 6.30. The molecule has 2 aromatic carbocycles. The smallest absolute Gasteiger partial charge is 0.141 e. The minimum Gasteiger partial charge on any atom is -0.489 e. The van der Waals surface area contributed by atoms with Gasteiger partial charge >= 0.3 is 0 Å². The van der Waals surface area contributed by atoms with Crippen molar-refractivity contribution in [1.82, 2.24) is 5.32 Å². The fourth-order valence-electron chi connectivity index (χ4n) is 1.86. The molecule has 0 heterocycles. The van der Waals surface area contributed by atoms with Gasteiger partial charge in [0, 0.05) is 12.6 Å². The summed E-state index contributed by atoms with van der Waals surface area (Å²) in [7, 11) is 0. The molecule has 0 spiro atoms. The molecule has 2 rings (SSSR count). The Morgan fingerprint density at radius 3 is 2.67 bits per heavy atom. The zero-order valence-corrected chi connectivity index (χ0v) is 13.0. The van der Waals surface area contributed by atoms with Crippen molar-refractivity contribution in [2.75, 3.05) is 0 Å². The lowest BCUT2D eigenvalue weighted by Gasteiger charge is -2.11. The van der Waals surface area contributed by atoms with Gasteiger partial charge in [0.25, 0.3) is 0 Å². The molecule has 0 saturated carbocycles. The maximum absolute atomic E-state index is 13.1. The molecule has 2 nitrogen and oxygen atoms in total. The number of halogens is 2. The quantitative estimate of drug-likeness (QED) is 0.845. The van der Waals surface area contributed by atoms with Crippen molar-refractivity contribution in [1.29, 1.82) is 0 Å². The summed E-state index contributed by atoms with van der Waals surface area (Å²) in [5, 5.41) is 3.48. The maximum atomic E-state index is 13.1. The maximum Gasteiger partial charge on any atom is 0.141 e. The van der Waals surface area contributed by atoms with Crippen molar-refractivity contribution in [2.45, 2.75) is 33.0 Å². The van der Waals surface area contributed by atoms with E-state index in [1.807, 2.05) is 18.2 Å². The Kier molecular flexibility index (Phi) is 5.59. The number of benzene rings is 2. The molecule has 0 fully saturated rings. The molecule has 0 aliphatic rings. The van der Waals surface area contributed by atoms with E-state index >= 15 is 0 Å². The molecule has 2 aromatic rings. The van der Waals surface area contributed by atoms with E-state index in [0.717, 1.165) is 17.9 Å². The second-order valence-corrected chi connectivity index (χ2v) is 5.63. The lowest BCUT2D eigenvalue weighted by Crippen LogP contribution is -2.21. The standard InChI is InChI=1S/C17H19ClFNO/c1-12(2)20-10-13-4-3-5-15(8-13)21-11-14-6-7-17(19)16(18)9-14/h3-9,12,20H,10-11H2,1-2H3. The van der Waals surface area contributed by atoms with Gasteiger partial charge in [-0.3, -0.25) is 0 Å². The Morgan fingerprint density at radius 2 is 1.95 bits per heavy atom. The lowest BCUT2D eigenvalue weighted by atomic mass is 10.2. The van der Waals surface area contributed by atoms with Gasteiger partial charge in [-0.15, -0.1) is 0 Å². The first-order valence-corrected chi connectivity index (χ1v) is 7.31. The third-order valence-corrected chi connectivity index (χ3v) is 3.29. The zero-order valence-electron chi connectivity index (χ0n) is 12.2. The molecule has 0 atom stereocenters. The average Bonchev–Trinajstić information content (AvgIpc) is 2.47. The second-order valence-electron chi connectivity index (χ2n) is 5.22. The van der Waals surface area contributed by atoms with Crippen molar-refractivity contribution in [2.24, 2.45) is 0 Å². The highest BCUT2D eigenvalue weighted by atomic mass is 35.5. The van der Waals surface area contributed by atoms with Crippen molar-refractivity contribution in [3.63, 3.8) is 0 Å². The van der Waals surface area contributed by atoms with Crippen LogP contribution >= 0.6 is 11.6 Å². The van der Waals surface area contributed by atoms with Crippen LogP contribution in [0.1, 0.15) is 25.0 Å². The van der Waals surface area contributed by atoms with Gasteiger partial charge in [0.15, 0.2) is 0 Å². The molecular formula is C17H19ClFNO. The monoisotopic (exact) mass is 307 g/mol. The Morgan fingerprint density at radius 1 is 1.14 bits per heavy atom. The molecule has 0 aliphatic carbocycles. The van der Waals surface area contributed by atoms with E-state index in [4.69, 9.17) is 16.3 Å². The van der Waals surface area contributed by atoms with Crippen LogP contribution in [0, 0.1) is 5.82 Å². The molecule has 0 unspecified atom stereocenters. The minimum absolute atomic E-state index is 0.117. The summed E-state index contributed by atoms with van der Waals surface area (Å²) in [6.07, 6.45) is 0. The molecule has 0 saturated heterocycles. The summed E-state index contributed by atoms with van der Waals surface area (Å²) in [6, 6.07) is 13.0. The fraction of sp³-hybridized carbons (Fsp3) is 0.294. The molecule has 4 heteroatoms. The first-order valence-electron chi connectivity index (χ1n) is 6.93. The van der Waals surface area contributed by atoms with E-state index in [1.54, 1.807) is 12.1 Å². The number of ether oxygens (including phenoxy) is 1. The van der Waals surface area contributed by atoms with Gasteiger partial charge in [-0.2, -0.15) is 0 Å². The molecule has 0 aromatic heterocycles. The van der Waals surface area contributed by atoms with Crippen molar-refractivity contribution >= 4 is 11.6 Å². The molecule has 0 amide bonds. The Bertz CT molecular complexity index is 601. The van der Waals surface area contributed by atoms with Crippen LogP contribution in [0.2, 0.25) is 5.02 Å². The highest BCUT2D eigenvalue weighted by Gasteiger charge is 2.03. The minimum atomic E-state index is -0.415. The third-order valence-electron chi connectivity index (χ3n) is 3.00. The van der Waals surface area contributed by atoms with Gasteiger partial charge in [-0.05, 0) is 35.4 Å². The highest BCUT2D eigenvalue weighted by Crippen LogP contribution is 2.19. The topological polar surface area (TPSA) is 21.3 Å². The Balaban J connectivity index is 1.96. The first kappa shape index (κ1) is 15.8. The van der Waals surface area contributed by atoms with Crippen LogP contribution in [-0.2, 0) is 13.2 Å². The largest absolute Gasteiger partial charge is 0.489 e. The van der Waals surface area contributed by atoms with Crippen LogP contribution in [0.3, 0.4) is 0 Å². The first-order chi connectivity index (χ1) is 10.0. The van der Waals surface area contributed by atoms with Gasteiger partial charge in [0.2, 0.25) is 0 Å². The average molecular weight is 308 g/mol. The fourth-order valence-corrected chi connectivity index (χ4v) is 2.07. The molecule has 1 N–H and O–H groups in total. The summed E-state index contributed by atoms with van der Waals surface area (Å²) in [5.74, 6) is 0.376. The van der Waals surface area contributed by atoms with Crippen molar-refractivity contribution < 1.29 is 9.13 Å². The van der Waals surface area contributed by atoms with Crippen molar-refractivity contribution in [3.8, 4) is 5.75 Å². The van der Waals surface area contributed by atoms with E-state index in [1.165, 1.54) is 11.6 Å². The summed E-state index contributed by atoms with van der Waals surface area (Å²) in [4.78, 5) is 0. The summed E-state index contributed by atoms with van der Waals surface area (Å²) < 4.78 is 18.8. The Hall–Kier alpha value is -1.58. The molecule has 0 radical (unpaired) electrons. The third kappa shape index (κ3) is 5.03. The predicted octanol–water partition coefficient (Wildman–Crippen LogP) is 4.56. The normalized spacial score (nSPS) is 10.9. The van der Waals surface area contributed by atoms with E-state index in [-0.39, 0.29) is 5.02 Å². The second kappa shape index (κ2) is 7.43. The van der Waals surface area contributed by atoms with E-state index in [2.05, 4.69) is 25.2 Å². The van der Waals surface area contributed by atoms with Crippen LogP contribution in [0.15, 0.2) is 42.5 Å². The van der Waals surface area contributed by atoms with Crippen LogP contribution in [0.25, 0.3) is 0 Å². The van der Waals surface area contributed by atoms with Crippen LogP contribution in [-0.4, -0.2) is 6.04 Å². The summed E-state index contributed by atoms with van der Waals surface area (Å²) in [5.41, 5.74) is 2.01. The van der Waals surface area contributed by atoms with Gasteiger partial charge in [-0.25, -0.2) is 4.39 Å².